The largest absolute Gasteiger partial charge is 0.458 e. The quantitative estimate of drug-likeness (QED) is 0.574. The van der Waals surface area contributed by atoms with Crippen molar-refractivity contribution >= 4 is 21.9 Å². The van der Waals surface area contributed by atoms with Gasteiger partial charge < -0.3 is 14.5 Å². The minimum Gasteiger partial charge on any atom is -0.458 e. The number of para-hydroxylation sites is 1. The van der Waals surface area contributed by atoms with Crippen LogP contribution in [0.15, 0.2) is 65.2 Å². The molecule has 0 radical (unpaired) electrons. The van der Waals surface area contributed by atoms with Crippen molar-refractivity contribution in [2.45, 2.75) is 6.10 Å². The molecule has 0 aliphatic heterocycles. The van der Waals surface area contributed by atoms with Gasteiger partial charge in [-0.2, -0.15) is 0 Å². The zero-order valence-corrected chi connectivity index (χ0v) is 10.7. The minimum absolute atomic E-state index is 0.570. The van der Waals surface area contributed by atoms with Crippen molar-refractivity contribution in [3.63, 3.8) is 0 Å². The summed E-state index contributed by atoms with van der Waals surface area (Å²) in [5.74, 6) is 0.570. The van der Waals surface area contributed by atoms with Crippen molar-refractivity contribution in [2.24, 2.45) is 0 Å². The molecule has 2 heterocycles. The molecule has 2 aromatic heterocycles. The molecule has 0 saturated heterocycles. The van der Waals surface area contributed by atoms with Gasteiger partial charge in [0, 0.05) is 17.1 Å². The van der Waals surface area contributed by atoms with Gasteiger partial charge in [0.25, 0.3) is 0 Å². The monoisotopic (exact) mass is 263 g/mol. The fourth-order valence-corrected chi connectivity index (χ4v) is 2.54. The number of rotatable bonds is 2. The number of benzene rings is 2. The highest BCUT2D eigenvalue weighted by Crippen LogP contribution is 2.29. The van der Waals surface area contributed by atoms with Gasteiger partial charge in [-0.05, 0) is 41.3 Å². The first-order valence-corrected chi connectivity index (χ1v) is 6.55. The van der Waals surface area contributed by atoms with Gasteiger partial charge in [0.2, 0.25) is 0 Å². The lowest BCUT2D eigenvalue weighted by Gasteiger charge is -2.08. The lowest BCUT2D eigenvalue weighted by molar-refractivity contribution is 0.192. The van der Waals surface area contributed by atoms with Crippen LogP contribution in [0.2, 0.25) is 0 Å². The van der Waals surface area contributed by atoms with Gasteiger partial charge in [-0.15, -0.1) is 0 Å². The van der Waals surface area contributed by atoms with Gasteiger partial charge in [0.05, 0.1) is 0 Å². The van der Waals surface area contributed by atoms with E-state index in [0.717, 1.165) is 27.4 Å². The number of hydrogen-bond acceptors (Lipinski definition) is 2. The predicted octanol–water partition coefficient (Wildman–Crippen LogP) is 4.00. The van der Waals surface area contributed by atoms with E-state index in [1.54, 1.807) is 0 Å². The van der Waals surface area contributed by atoms with E-state index in [1.165, 1.54) is 0 Å². The molecule has 0 aliphatic rings. The van der Waals surface area contributed by atoms with E-state index < -0.39 is 6.10 Å². The minimum atomic E-state index is -0.748. The summed E-state index contributed by atoms with van der Waals surface area (Å²) in [6.45, 7) is 0. The van der Waals surface area contributed by atoms with Crippen LogP contribution in [0.5, 0.6) is 0 Å². The molecule has 0 saturated carbocycles. The summed E-state index contributed by atoms with van der Waals surface area (Å²) in [4.78, 5) is 3.14. The Morgan fingerprint density at radius 3 is 2.75 bits per heavy atom. The summed E-state index contributed by atoms with van der Waals surface area (Å²) in [6, 6.07) is 17.5. The molecule has 2 N–H and O–H groups in total. The molecule has 20 heavy (non-hydrogen) atoms. The Hall–Kier alpha value is -2.52. The summed E-state index contributed by atoms with van der Waals surface area (Å²) in [7, 11) is 0. The molecule has 3 heteroatoms. The van der Waals surface area contributed by atoms with Gasteiger partial charge in [0.15, 0.2) is 0 Å². The number of hydrogen-bond donors (Lipinski definition) is 2. The van der Waals surface area contributed by atoms with E-state index in [2.05, 4.69) is 4.98 Å². The maximum Gasteiger partial charge on any atom is 0.138 e. The highest BCUT2D eigenvalue weighted by molar-refractivity contribution is 5.80. The van der Waals surface area contributed by atoms with E-state index >= 15 is 0 Å². The number of aliphatic hydroxyl groups is 1. The fraction of sp³-hybridized carbons (Fsp3) is 0.0588. The number of nitrogens with one attached hydrogen (secondary N) is 1. The smallest absolute Gasteiger partial charge is 0.138 e. The van der Waals surface area contributed by atoms with Gasteiger partial charge >= 0.3 is 0 Å². The first kappa shape index (κ1) is 11.3. The van der Waals surface area contributed by atoms with Crippen LogP contribution in [0.25, 0.3) is 21.9 Å². The van der Waals surface area contributed by atoms with Crippen molar-refractivity contribution < 1.29 is 9.52 Å². The van der Waals surface area contributed by atoms with Crippen LogP contribution in [-0.2, 0) is 0 Å². The summed E-state index contributed by atoms with van der Waals surface area (Å²) >= 11 is 0. The molecule has 4 rings (SSSR count). The summed E-state index contributed by atoms with van der Waals surface area (Å²) in [6.07, 6.45) is 1.14. The van der Waals surface area contributed by atoms with Crippen LogP contribution < -0.4 is 0 Å². The number of aromatic nitrogens is 1. The summed E-state index contributed by atoms with van der Waals surface area (Å²) < 4.78 is 5.72. The van der Waals surface area contributed by atoms with Gasteiger partial charge in [-0.3, -0.25) is 0 Å². The van der Waals surface area contributed by atoms with Crippen molar-refractivity contribution in [1.29, 1.82) is 0 Å². The van der Waals surface area contributed by atoms with E-state index in [1.807, 2.05) is 60.8 Å². The first-order valence-electron chi connectivity index (χ1n) is 6.55. The normalized spacial score (nSPS) is 13.1. The van der Waals surface area contributed by atoms with Crippen molar-refractivity contribution in [2.75, 3.05) is 0 Å². The molecular weight excluding hydrogens is 250 g/mol. The van der Waals surface area contributed by atoms with Crippen molar-refractivity contribution in [1.82, 2.24) is 4.98 Å². The number of furan rings is 1. The molecule has 0 fully saturated rings. The molecule has 98 valence electrons. The van der Waals surface area contributed by atoms with Crippen LogP contribution in [0, 0.1) is 0 Å². The zero-order chi connectivity index (χ0) is 13.5. The second kappa shape index (κ2) is 4.25. The van der Waals surface area contributed by atoms with Crippen LogP contribution in [0.4, 0.5) is 0 Å². The average Bonchev–Trinajstić information content (AvgIpc) is 3.11. The molecule has 0 spiro atoms. The topological polar surface area (TPSA) is 49.2 Å². The summed E-state index contributed by atoms with van der Waals surface area (Å²) in [5, 5.41) is 12.6. The molecule has 1 atom stereocenters. The average molecular weight is 263 g/mol. The maximum absolute atomic E-state index is 10.5. The molecule has 0 bridgehead atoms. The Labute approximate surface area is 115 Å². The van der Waals surface area contributed by atoms with E-state index in [9.17, 15) is 5.11 Å². The molecule has 0 amide bonds. The van der Waals surface area contributed by atoms with Crippen LogP contribution in [0.3, 0.4) is 0 Å². The van der Waals surface area contributed by atoms with Crippen LogP contribution in [0.1, 0.15) is 17.4 Å². The molecule has 0 aliphatic carbocycles. The Morgan fingerprint density at radius 1 is 0.950 bits per heavy atom. The third kappa shape index (κ3) is 1.72. The van der Waals surface area contributed by atoms with Crippen molar-refractivity contribution in [3.05, 3.63) is 72.1 Å². The number of aromatic amines is 1. The third-order valence-electron chi connectivity index (χ3n) is 3.61. The highest BCUT2D eigenvalue weighted by Gasteiger charge is 2.15. The Balaban J connectivity index is 1.79. The molecule has 1 unspecified atom stereocenters. The second-order valence-electron chi connectivity index (χ2n) is 4.91. The SMILES string of the molecule is OC(c1ccc2[nH]ccc2c1)c1cc2ccccc2o1. The van der Waals surface area contributed by atoms with Crippen LogP contribution >= 0.6 is 0 Å². The lowest BCUT2D eigenvalue weighted by Crippen LogP contribution is -1.97. The maximum atomic E-state index is 10.5. The number of aliphatic hydroxyl groups excluding tert-OH is 1. The van der Waals surface area contributed by atoms with Gasteiger partial charge in [-0.1, -0.05) is 24.3 Å². The van der Waals surface area contributed by atoms with Crippen molar-refractivity contribution in [3.8, 4) is 0 Å². The molecule has 3 nitrogen and oxygen atoms in total. The molecular formula is C17H13NO2. The van der Waals surface area contributed by atoms with E-state index in [0.29, 0.717) is 5.76 Å². The van der Waals surface area contributed by atoms with E-state index in [4.69, 9.17) is 4.42 Å². The number of fused-ring (bicyclic) bond motifs is 2. The fourth-order valence-electron chi connectivity index (χ4n) is 2.54. The van der Waals surface area contributed by atoms with Gasteiger partial charge in [-0.25, -0.2) is 0 Å². The Bertz CT molecular complexity index is 853. The predicted molar refractivity (Wildman–Crippen MR) is 78.6 cm³/mol. The first-order chi connectivity index (χ1) is 9.81. The standard InChI is InChI=1S/C17H13NO2/c19-17(13-5-6-14-11(9-13)7-8-18-14)16-10-12-3-1-2-4-15(12)20-16/h1-10,17-19H. The third-order valence-corrected chi connectivity index (χ3v) is 3.61. The second-order valence-corrected chi connectivity index (χ2v) is 4.91. The van der Waals surface area contributed by atoms with Gasteiger partial charge in [0.1, 0.15) is 17.4 Å². The highest BCUT2D eigenvalue weighted by atomic mass is 16.4. The molecule has 4 aromatic rings. The van der Waals surface area contributed by atoms with Crippen LogP contribution in [-0.4, -0.2) is 10.1 Å². The molecule has 2 aromatic carbocycles. The summed E-state index contributed by atoms with van der Waals surface area (Å²) in [5.41, 5.74) is 2.69. The van der Waals surface area contributed by atoms with E-state index in [-0.39, 0.29) is 0 Å². The number of H-pyrrole nitrogens is 1. The lowest BCUT2D eigenvalue weighted by atomic mass is 10.1. The Kier molecular flexibility index (Phi) is 2.41. The Morgan fingerprint density at radius 2 is 1.85 bits per heavy atom. The zero-order valence-electron chi connectivity index (χ0n) is 10.7.